The maximum Gasteiger partial charge on any atom is 0.162 e. The summed E-state index contributed by atoms with van der Waals surface area (Å²) in [6.07, 6.45) is 7.15. The molecule has 251 valence electrons. The zero-order valence-electron chi connectivity index (χ0n) is 29.5. The standard InChI is InChI=1S/C28H29FN.C13H24O2.Ir/c1-27(2,3)16-18-11-12-22-23(13-18)25(29)17-30-26(22)20-14-19-9-7-8-10-21(19)24(15-20)28(4,5)6;1-5-10(6-2)12(14)9-13(15)11(7-3)8-4;/h7-13,15,17H,16H2,1-6H3;9-11,14H,5-8H2,1-4H3;/q-1;;/b;12-9-;. The van der Waals surface area contributed by atoms with E-state index in [-0.39, 0.29) is 60.1 Å². The molecule has 1 radical (unpaired) electrons. The molecule has 0 saturated heterocycles. The third-order valence-electron chi connectivity index (χ3n) is 8.56. The number of aliphatic hydroxyl groups is 1. The molecule has 4 aromatic rings. The van der Waals surface area contributed by atoms with Crippen molar-refractivity contribution in [3.05, 3.63) is 89.6 Å². The van der Waals surface area contributed by atoms with Gasteiger partial charge in [-0.25, -0.2) is 4.39 Å². The first kappa shape index (κ1) is 39.3. The van der Waals surface area contributed by atoms with Crippen molar-refractivity contribution >= 4 is 27.3 Å². The molecule has 1 aromatic heterocycles. The van der Waals surface area contributed by atoms with Gasteiger partial charge in [-0.05, 0) is 60.0 Å². The molecule has 1 heterocycles. The number of pyridine rings is 1. The average molecular weight is 803 g/mol. The van der Waals surface area contributed by atoms with Gasteiger partial charge in [0.15, 0.2) is 5.78 Å². The quantitative estimate of drug-likeness (QED) is 0.104. The summed E-state index contributed by atoms with van der Waals surface area (Å²) in [7, 11) is 0. The van der Waals surface area contributed by atoms with E-state index < -0.39 is 0 Å². The van der Waals surface area contributed by atoms with Crippen molar-refractivity contribution in [3.63, 3.8) is 0 Å². The minimum atomic E-state index is -0.277. The number of benzene rings is 3. The Morgan fingerprint density at radius 2 is 1.48 bits per heavy atom. The first-order chi connectivity index (χ1) is 21.1. The first-order valence-corrected chi connectivity index (χ1v) is 16.6. The fourth-order valence-electron chi connectivity index (χ4n) is 5.95. The van der Waals surface area contributed by atoms with Crippen LogP contribution in [0.4, 0.5) is 4.39 Å². The van der Waals surface area contributed by atoms with Gasteiger partial charge in [0.2, 0.25) is 0 Å². The van der Waals surface area contributed by atoms with Gasteiger partial charge in [0.1, 0.15) is 5.82 Å². The molecule has 0 bridgehead atoms. The second-order valence-electron chi connectivity index (χ2n) is 14.5. The molecule has 5 heteroatoms. The van der Waals surface area contributed by atoms with Gasteiger partial charge < -0.3 is 5.11 Å². The molecule has 46 heavy (non-hydrogen) atoms. The largest absolute Gasteiger partial charge is 0.512 e. The van der Waals surface area contributed by atoms with Crippen molar-refractivity contribution in [3.8, 4) is 11.3 Å². The Kier molecular flexibility index (Phi) is 14.3. The van der Waals surface area contributed by atoms with Crippen LogP contribution < -0.4 is 0 Å². The van der Waals surface area contributed by atoms with Crippen LogP contribution in [-0.4, -0.2) is 15.9 Å². The molecular weight excluding hydrogens is 750 g/mol. The van der Waals surface area contributed by atoms with E-state index in [1.165, 1.54) is 23.2 Å². The summed E-state index contributed by atoms with van der Waals surface area (Å²) < 4.78 is 14.7. The number of hydrogen-bond acceptors (Lipinski definition) is 3. The molecule has 0 atom stereocenters. The summed E-state index contributed by atoms with van der Waals surface area (Å²) in [5.41, 5.74) is 4.20. The SMILES string of the molecule is CC(C)(C)Cc1ccc2c(-c3[c-]c4ccccc4c(C(C)(C)C)c3)ncc(F)c2c1.CCC(CC)C(=O)/C=C(\O)C(CC)CC.[Ir]. The fourth-order valence-corrected chi connectivity index (χ4v) is 5.95. The minimum absolute atomic E-state index is 0. The number of allylic oxidation sites excluding steroid dienone is 2. The molecule has 0 unspecified atom stereocenters. The molecular formula is C41H53FIrNO2-. The third kappa shape index (κ3) is 10.1. The van der Waals surface area contributed by atoms with Crippen LogP contribution in [0.1, 0.15) is 106 Å². The van der Waals surface area contributed by atoms with Gasteiger partial charge in [0.25, 0.3) is 0 Å². The maximum atomic E-state index is 14.7. The van der Waals surface area contributed by atoms with E-state index in [4.69, 9.17) is 0 Å². The zero-order chi connectivity index (χ0) is 33.5. The van der Waals surface area contributed by atoms with E-state index in [0.717, 1.165) is 59.7 Å². The Bertz CT molecular complexity index is 1640. The molecule has 0 amide bonds. The van der Waals surface area contributed by atoms with Gasteiger partial charge in [-0.3, -0.25) is 9.78 Å². The van der Waals surface area contributed by atoms with Gasteiger partial charge >= 0.3 is 0 Å². The smallest absolute Gasteiger partial charge is 0.162 e. The molecule has 3 aromatic carbocycles. The summed E-state index contributed by atoms with van der Waals surface area (Å²) in [6.45, 7) is 21.3. The summed E-state index contributed by atoms with van der Waals surface area (Å²) in [6, 6.07) is 20.1. The maximum absolute atomic E-state index is 14.7. The molecule has 0 spiro atoms. The van der Waals surface area contributed by atoms with Crippen LogP contribution in [0.25, 0.3) is 32.8 Å². The third-order valence-corrected chi connectivity index (χ3v) is 8.56. The summed E-state index contributed by atoms with van der Waals surface area (Å²) in [5, 5.41) is 13.5. The van der Waals surface area contributed by atoms with E-state index in [2.05, 4.69) is 82.9 Å². The second-order valence-corrected chi connectivity index (χ2v) is 14.5. The van der Waals surface area contributed by atoms with Gasteiger partial charge in [0.05, 0.1) is 12.0 Å². The molecule has 0 fully saturated rings. The summed E-state index contributed by atoms with van der Waals surface area (Å²) >= 11 is 0. The van der Waals surface area contributed by atoms with Crippen LogP contribution in [0.15, 0.2) is 66.6 Å². The van der Waals surface area contributed by atoms with Crippen molar-refractivity contribution in [2.75, 3.05) is 0 Å². The minimum Gasteiger partial charge on any atom is -0.512 e. The monoisotopic (exact) mass is 803 g/mol. The number of aliphatic hydroxyl groups excluding tert-OH is 1. The number of ketones is 1. The van der Waals surface area contributed by atoms with Crippen molar-refractivity contribution in [1.82, 2.24) is 4.98 Å². The number of hydrogen-bond donors (Lipinski definition) is 1. The number of aromatic nitrogens is 1. The average Bonchev–Trinajstić information content (AvgIpc) is 2.97. The van der Waals surface area contributed by atoms with Crippen molar-refractivity contribution in [1.29, 1.82) is 0 Å². The molecule has 0 aliphatic carbocycles. The van der Waals surface area contributed by atoms with Gasteiger partial charge in [0, 0.05) is 49.1 Å². The normalized spacial score (nSPS) is 12.3. The van der Waals surface area contributed by atoms with E-state index in [1.807, 2.05) is 45.9 Å². The molecule has 1 N–H and O–H groups in total. The van der Waals surface area contributed by atoms with Crippen LogP contribution >= 0.6 is 0 Å². The van der Waals surface area contributed by atoms with Crippen molar-refractivity contribution in [2.45, 2.75) is 107 Å². The number of nitrogens with zero attached hydrogens (tertiary/aromatic N) is 1. The van der Waals surface area contributed by atoms with Gasteiger partial charge in [-0.2, -0.15) is 0 Å². The molecule has 4 rings (SSSR count). The van der Waals surface area contributed by atoms with E-state index >= 15 is 0 Å². The molecule has 0 saturated carbocycles. The number of rotatable bonds is 9. The van der Waals surface area contributed by atoms with Crippen LogP contribution in [0.5, 0.6) is 0 Å². The summed E-state index contributed by atoms with van der Waals surface area (Å²) in [4.78, 5) is 16.2. The number of fused-ring (bicyclic) bond motifs is 2. The van der Waals surface area contributed by atoms with Gasteiger partial charge in [-0.1, -0.05) is 111 Å². The van der Waals surface area contributed by atoms with E-state index in [1.54, 1.807) is 0 Å². The molecule has 0 aliphatic heterocycles. The Hall–Kier alpha value is -2.88. The molecule has 0 aliphatic rings. The Morgan fingerprint density at radius 3 is 2.04 bits per heavy atom. The number of halogens is 1. The van der Waals surface area contributed by atoms with Crippen molar-refractivity contribution in [2.24, 2.45) is 17.3 Å². The van der Waals surface area contributed by atoms with Crippen LogP contribution in [0.3, 0.4) is 0 Å². The van der Waals surface area contributed by atoms with Crippen LogP contribution in [0, 0.1) is 29.1 Å². The topological polar surface area (TPSA) is 50.2 Å². The van der Waals surface area contributed by atoms with Crippen LogP contribution in [-0.2, 0) is 36.7 Å². The van der Waals surface area contributed by atoms with E-state index in [0.29, 0.717) is 5.39 Å². The number of carbonyl (C=O) groups is 1. The number of carbonyl (C=O) groups excluding carboxylic acids is 1. The Balaban J connectivity index is 0.000000394. The zero-order valence-corrected chi connectivity index (χ0v) is 31.9. The predicted molar refractivity (Wildman–Crippen MR) is 189 cm³/mol. The van der Waals surface area contributed by atoms with Gasteiger partial charge in [-0.15, -0.1) is 29.1 Å². The molecule has 3 nitrogen and oxygen atoms in total. The predicted octanol–water partition coefficient (Wildman–Crippen LogP) is 11.7. The second kappa shape index (κ2) is 16.8. The van der Waals surface area contributed by atoms with Crippen LogP contribution in [0.2, 0.25) is 0 Å². The van der Waals surface area contributed by atoms with Crippen molar-refractivity contribution < 1.29 is 34.4 Å². The Morgan fingerprint density at radius 1 is 0.870 bits per heavy atom. The summed E-state index contributed by atoms with van der Waals surface area (Å²) in [5.74, 6) is 0.271. The first-order valence-electron chi connectivity index (χ1n) is 16.6. The van der Waals surface area contributed by atoms with E-state index in [9.17, 15) is 14.3 Å². The Labute approximate surface area is 290 Å². The fraction of sp³-hybridized carbons (Fsp3) is 0.463.